The van der Waals surface area contributed by atoms with Crippen molar-refractivity contribution in [3.8, 4) is 39.1 Å². The summed E-state index contributed by atoms with van der Waals surface area (Å²) >= 11 is 0. The quantitative estimate of drug-likeness (QED) is 0.161. The van der Waals surface area contributed by atoms with Crippen molar-refractivity contribution in [3.05, 3.63) is 231 Å². The van der Waals surface area contributed by atoms with E-state index in [-0.39, 0.29) is 0 Å². The molecular weight excluding hydrogens is 741 g/mol. The second kappa shape index (κ2) is 14.3. The molecule has 286 valence electrons. The molecule has 0 N–H and O–H groups in total. The SMILES string of the molecule is c1ccc(N(c2ccc(-c3ccccc3-n3c4ccccc4c4ccccc43)cc2)c2ccc(-c3cccc4c3oc3ccccc34)cc2)c(-c2cccc3ccccc23)c1. The fourth-order valence-electron chi connectivity index (χ4n) is 9.43. The molecule has 0 bridgehead atoms. The fraction of sp³-hybridized carbons (Fsp3) is 0. The molecule has 0 aliphatic rings. The molecule has 10 aromatic carbocycles. The number of furan rings is 1. The maximum atomic E-state index is 6.46. The Morgan fingerprint density at radius 2 is 0.820 bits per heavy atom. The minimum absolute atomic E-state index is 0.902. The highest BCUT2D eigenvalue weighted by atomic mass is 16.3. The van der Waals surface area contributed by atoms with Crippen molar-refractivity contribution in [3.63, 3.8) is 0 Å². The topological polar surface area (TPSA) is 21.3 Å². The molecule has 0 unspecified atom stereocenters. The summed E-state index contributed by atoms with van der Waals surface area (Å²) in [5, 5.41) is 7.21. The Balaban J connectivity index is 1.01. The van der Waals surface area contributed by atoms with Gasteiger partial charge in [-0.2, -0.15) is 0 Å². The van der Waals surface area contributed by atoms with Crippen LogP contribution >= 0.6 is 0 Å². The largest absolute Gasteiger partial charge is 0.455 e. The molecule has 0 aliphatic heterocycles. The molecule has 0 atom stereocenters. The zero-order valence-corrected chi connectivity index (χ0v) is 33.2. The van der Waals surface area contributed by atoms with E-state index in [4.69, 9.17) is 4.42 Å². The lowest BCUT2D eigenvalue weighted by Crippen LogP contribution is -2.11. The van der Waals surface area contributed by atoms with Crippen LogP contribution in [0.5, 0.6) is 0 Å². The molecule has 2 aromatic heterocycles. The second-order valence-corrected chi connectivity index (χ2v) is 15.6. The lowest BCUT2D eigenvalue weighted by molar-refractivity contribution is 0.670. The van der Waals surface area contributed by atoms with E-state index >= 15 is 0 Å². The predicted octanol–water partition coefficient (Wildman–Crippen LogP) is 16.3. The summed E-state index contributed by atoms with van der Waals surface area (Å²) in [6.45, 7) is 0. The van der Waals surface area contributed by atoms with Crippen molar-refractivity contribution < 1.29 is 4.42 Å². The summed E-state index contributed by atoms with van der Waals surface area (Å²) in [5.74, 6) is 0. The first-order valence-electron chi connectivity index (χ1n) is 20.8. The lowest BCUT2D eigenvalue weighted by Gasteiger charge is -2.28. The first-order chi connectivity index (χ1) is 30.3. The highest BCUT2D eigenvalue weighted by Crippen LogP contribution is 2.45. The van der Waals surface area contributed by atoms with Gasteiger partial charge in [-0.05, 0) is 82.1 Å². The van der Waals surface area contributed by atoms with Crippen LogP contribution in [0.3, 0.4) is 0 Å². The molecule has 0 aliphatic carbocycles. The Kier molecular flexibility index (Phi) is 8.17. The van der Waals surface area contributed by atoms with Gasteiger partial charge in [0.25, 0.3) is 0 Å². The molecular formula is C58H38N2O. The van der Waals surface area contributed by atoms with Gasteiger partial charge in [0.2, 0.25) is 0 Å². The Hall–Kier alpha value is -8.14. The number of nitrogens with zero attached hydrogens (tertiary/aromatic N) is 2. The van der Waals surface area contributed by atoms with Crippen LogP contribution in [0.25, 0.3) is 93.6 Å². The first kappa shape index (κ1) is 34.9. The molecule has 0 saturated carbocycles. The number of rotatable bonds is 7. The maximum absolute atomic E-state index is 6.46. The van der Waals surface area contributed by atoms with Crippen LogP contribution in [0.1, 0.15) is 0 Å². The molecule has 0 fully saturated rings. The van der Waals surface area contributed by atoms with Gasteiger partial charge >= 0.3 is 0 Å². The van der Waals surface area contributed by atoms with Crippen molar-refractivity contribution in [1.29, 1.82) is 0 Å². The van der Waals surface area contributed by atoms with Gasteiger partial charge in [-0.1, -0.05) is 176 Å². The van der Waals surface area contributed by atoms with Crippen molar-refractivity contribution >= 4 is 71.6 Å². The van der Waals surface area contributed by atoms with Crippen LogP contribution in [0.4, 0.5) is 17.1 Å². The summed E-state index contributed by atoms with van der Waals surface area (Å²) in [4.78, 5) is 2.39. The number of fused-ring (bicyclic) bond motifs is 7. The maximum Gasteiger partial charge on any atom is 0.143 e. The third-order valence-corrected chi connectivity index (χ3v) is 12.2. The van der Waals surface area contributed by atoms with Gasteiger partial charge < -0.3 is 13.9 Å². The number of benzene rings is 10. The van der Waals surface area contributed by atoms with Crippen LogP contribution in [0.2, 0.25) is 0 Å². The average Bonchev–Trinajstić information content (AvgIpc) is 3.88. The first-order valence-corrected chi connectivity index (χ1v) is 20.8. The highest BCUT2D eigenvalue weighted by molar-refractivity contribution is 6.11. The average molecular weight is 779 g/mol. The van der Waals surface area contributed by atoms with E-state index < -0.39 is 0 Å². The molecule has 0 radical (unpaired) electrons. The Labute approximate surface area is 353 Å². The predicted molar refractivity (Wildman–Crippen MR) is 257 cm³/mol. The minimum atomic E-state index is 0.902. The summed E-state index contributed by atoms with van der Waals surface area (Å²) in [5.41, 5.74) is 15.5. The monoisotopic (exact) mass is 778 g/mol. The zero-order valence-electron chi connectivity index (χ0n) is 33.2. The van der Waals surface area contributed by atoms with Crippen LogP contribution in [0.15, 0.2) is 235 Å². The number of hydrogen-bond donors (Lipinski definition) is 0. The van der Waals surface area contributed by atoms with Gasteiger partial charge in [-0.15, -0.1) is 0 Å². The minimum Gasteiger partial charge on any atom is -0.455 e. The molecule has 0 amide bonds. The van der Waals surface area contributed by atoms with Crippen molar-refractivity contribution in [2.75, 3.05) is 4.90 Å². The van der Waals surface area contributed by atoms with Crippen LogP contribution < -0.4 is 4.90 Å². The third kappa shape index (κ3) is 5.74. The summed E-state index contributed by atoms with van der Waals surface area (Å²) in [6.07, 6.45) is 0. The van der Waals surface area contributed by atoms with E-state index in [9.17, 15) is 0 Å². The van der Waals surface area contributed by atoms with Crippen LogP contribution in [-0.2, 0) is 0 Å². The van der Waals surface area contributed by atoms with E-state index in [1.165, 1.54) is 43.7 Å². The second-order valence-electron chi connectivity index (χ2n) is 15.6. The van der Waals surface area contributed by atoms with Crippen molar-refractivity contribution in [2.24, 2.45) is 0 Å². The van der Waals surface area contributed by atoms with Crippen LogP contribution in [-0.4, -0.2) is 4.57 Å². The van der Waals surface area contributed by atoms with Gasteiger partial charge in [0.1, 0.15) is 11.2 Å². The van der Waals surface area contributed by atoms with Crippen LogP contribution in [0, 0.1) is 0 Å². The van der Waals surface area contributed by atoms with E-state index in [1.54, 1.807) is 0 Å². The number of hydrogen-bond acceptors (Lipinski definition) is 2. The number of aromatic nitrogens is 1. The van der Waals surface area contributed by atoms with Crippen molar-refractivity contribution in [1.82, 2.24) is 4.57 Å². The normalized spacial score (nSPS) is 11.6. The van der Waals surface area contributed by atoms with E-state index in [0.717, 1.165) is 66.9 Å². The molecule has 3 heteroatoms. The number of para-hydroxylation sites is 6. The summed E-state index contributed by atoms with van der Waals surface area (Å²) < 4.78 is 8.87. The van der Waals surface area contributed by atoms with Gasteiger partial charge in [0.05, 0.1) is 22.4 Å². The number of anilines is 3. The smallest absolute Gasteiger partial charge is 0.143 e. The van der Waals surface area contributed by atoms with Gasteiger partial charge in [0.15, 0.2) is 0 Å². The molecule has 12 rings (SSSR count). The zero-order chi connectivity index (χ0) is 40.3. The standard InChI is InChI=1S/C58H38N2O/c1-2-17-44-39(15-1)16-13-24-47(44)48-19-4-9-27-54(48)59(43-37-33-41(34-38-43)46-23-14-25-52-51-22-7-12-30-57(51)61-58(46)52)42-35-31-40(32-36-42)45-18-3-8-26-53(45)60-55-28-10-5-20-49(55)50-21-6-11-29-56(50)60/h1-38H. The molecule has 0 saturated heterocycles. The highest BCUT2D eigenvalue weighted by Gasteiger charge is 2.21. The Bertz CT molecular complexity index is 3530. The molecule has 3 nitrogen and oxygen atoms in total. The molecule has 12 aromatic rings. The van der Waals surface area contributed by atoms with E-state index in [1.807, 2.05) is 12.1 Å². The van der Waals surface area contributed by atoms with E-state index in [0.29, 0.717) is 0 Å². The summed E-state index contributed by atoms with van der Waals surface area (Å²) in [7, 11) is 0. The molecule has 61 heavy (non-hydrogen) atoms. The summed E-state index contributed by atoms with van der Waals surface area (Å²) in [6, 6.07) is 82.9. The molecule has 0 spiro atoms. The Morgan fingerprint density at radius 1 is 0.328 bits per heavy atom. The van der Waals surface area contributed by atoms with Gasteiger partial charge in [-0.3, -0.25) is 0 Å². The van der Waals surface area contributed by atoms with Gasteiger partial charge in [0, 0.05) is 49.6 Å². The fourth-order valence-corrected chi connectivity index (χ4v) is 9.43. The third-order valence-electron chi connectivity index (χ3n) is 12.2. The van der Waals surface area contributed by atoms with E-state index in [2.05, 4.69) is 228 Å². The molecule has 2 heterocycles. The lowest BCUT2D eigenvalue weighted by atomic mass is 9.95. The van der Waals surface area contributed by atoms with Crippen molar-refractivity contribution in [2.45, 2.75) is 0 Å². The van der Waals surface area contributed by atoms with Gasteiger partial charge in [-0.25, -0.2) is 0 Å². The Morgan fingerprint density at radius 3 is 1.56 bits per heavy atom.